The van der Waals surface area contributed by atoms with Gasteiger partial charge in [0.1, 0.15) is 6.54 Å². The summed E-state index contributed by atoms with van der Waals surface area (Å²) >= 11 is 0. The fourth-order valence-corrected chi connectivity index (χ4v) is 2.34. The zero-order chi connectivity index (χ0) is 12.9. The second-order valence-corrected chi connectivity index (χ2v) is 5.38. The second kappa shape index (κ2) is 5.79. The van der Waals surface area contributed by atoms with Crippen LogP contribution in [0.15, 0.2) is 29.2 Å². The van der Waals surface area contributed by atoms with E-state index in [9.17, 15) is 13.2 Å². The van der Waals surface area contributed by atoms with Gasteiger partial charge in [-0.1, -0.05) is 25.5 Å². The van der Waals surface area contributed by atoms with Crippen LogP contribution in [0.2, 0.25) is 0 Å². The molecule has 5 nitrogen and oxygen atoms in total. The van der Waals surface area contributed by atoms with Crippen molar-refractivity contribution in [3.05, 3.63) is 29.8 Å². The lowest BCUT2D eigenvalue weighted by atomic mass is 10.1. The Morgan fingerprint density at radius 1 is 1.29 bits per heavy atom. The summed E-state index contributed by atoms with van der Waals surface area (Å²) in [6.45, 7) is 1.43. The first-order valence-corrected chi connectivity index (χ1v) is 6.74. The highest BCUT2D eigenvalue weighted by molar-refractivity contribution is 7.89. The molecular weight excluding hydrogens is 242 g/mol. The summed E-state index contributed by atoms with van der Waals surface area (Å²) in [5, 5.41) is 8.41. The van der Waals surface area contributed by atoms with Crippen molar-refractivity contribution < 1.29 is 18.3 Å². The lowest BCUT2D eigenvalue weighted by Crippen LogP contribution is -2.29. The third-order valence-corrected chi connectivity index (χ3v) is 3.60. The van der Waals surface area contributed by atoms with Crippen LogP contribution in [0, 0.1) is 0 Å². The van der Waals surface area contributed by atoms with Crippen molar-refractivity contribution in [2.75, 3.05) is 6.54 Å². The minimum Gasteiger partial charge on any atom is -0.480 e. The summed E-state index contributed by atoms with van der Waals surface area (Å²) in [6.07, 6.45) is 1.88. The van der Waals surface area contributed by atoms with E-state index in [1.165, 1.54) is 12.1 Å². The number of hydrogen-bond donors (Lipinski definition) is 2. The second-order valence-electron chi connectivity index (χ2n) is 3.61. The Labute approximate surface area is 101 Å². The SMILES string of the molecule is CCCc1ccc(S(=O)(=O)NCC(=O)O)cc1. The maximum absolute atomic E-state index is 11.6. The van der Waals surface area contributed by atoms with E-state index in [1.54, 1.807) is 12.1 Å². The van der Waals surface area contributed by atoms with Gasteiger partial charge in [0.15, 0.2) is 0 Å². The van der Waals surface area contributed by atoms with Crippen LogP contribution in [0.3, 0.4) is 0 Å². The number of aryl methyl sites for hydroxylation is 1. The van der Waals surface area contributed by atoms with Crippen molar-refractivity contribution >= 4 is 16.0 Å². The van der Waals surface area contributed by atoms with Crippen LogP contribution in [0.4, 0.5) is 0 Å². The van der Waals surface area contributed by atoms with E-state index in [-0.39, 0.29) is 4.90 Å². The first-order chi connectivity index (χ1) is 7.95. The Kier molecular flexibility index (Phi) is 4.65. The molecule has 0 aromatic heterocycles. The van der Waals surface area contributed by atoms with E-state index >= 15 is 0 Å². The van der Waals surface area contributed by atoms with Gasteiger partial charge >= 0.3 is 5.97 Å². The van der Waals surface area contributed by atoms with Gasteiger partial charge in [0, 0.05) is 0 Å². The molecule has 1 aromatic carbocycles. The van der Waals surface area contributed by atoms with Gasteiger partial charge in [0.05, 0.1) is 4.90 Å². The van der Waals surface area contributed by atoms with Gasteiger partial charge in [0.25, 0.3) is 0 Å². The van der Waals surface area contributed by atoms with Crippen LogP contribution >= 0.6 is 0 Å². The predicted molar refractivity (Wildman–Crippen MR) is 63.3 cm³/mol. The molecule has 1 aromatic rings. The maximum atomic E-state index is 11.6. The van der Waals surface area contributed by atoms with E-state index in [1.807, 2.05) is 11.6 Å². The van der Waals surface area contributed by atoms with Crippen LogP contribution in [-0.4, -0.2) is 26.0 Å². The van der Waals surface area contributed by atoms with Crippen LogP contribution in [0.5, 0.6) is 0 Å². The molecule has 0 fully saturated rings. The van der Waals surface area contributed by atoms with E-state index in [2.05, 4.69) is 0 Å². The van der Waals surface area contributed by atoms with Crippen LogP contribution in [0.25, 0.3) is 0 Å². The van der Waals surface area contributed by atoms with E-state index in [4.69, 9.17) is 5.11 Å². The Balaban J connectivity index is 2.81. The molecule has 0 aliphatic carbocycles. The number of carboxylic acids is 1. The summed E-state index contributed by atoms with van der Waals surface area (Å²) in [7, 11) is -3.72. The average Bonchev–Trinajstić information content (AvgIpc) is 2.28. The number of hydrogen-bond acceptors (Lipinski definition) is 3. The number of sulfonamides is 1. The van der Waals surface area contributed by atoms with Crippen molar-refractivity contribution in [3.8, 4) is 0 Å². The molecule has 0 aliphatic heterocycles. The predicted octanol–water partition coefficient (Wildman–Crippen LogP) is 1.00. The van der Waals surface area contributed by atoms with E-state index in [0.29, 0.717) is 0 Å². The molecular formula is C11H15NO4S. The van der Waals surface area contributed by atoms with Gasteiger partial charge in [-0.25, -0.2) is 8.42 Å². The van der Waals surface area contributed by atoms with Gasteiger partial charge in [0.2, 0.25) is 10.0 Å². The monoisotopic (exact) mass is 257 g/mol. The molecule has 6 heteroatoms. The largest absolute Gasteiger partial charge is 0.480 e. The average molecular weight is 257 g/mol. The molecule has 17 heavy (non-hydrogen) atoms. The minimum atomic E-state index is -3.72. The zero-order valence-electron chi connectivity index (χ0n) is 9.51. The highest BCUT2D eigenvalue weighted by Gasteiger charge is 2.14. The van der Waals surface area contributed by atoms with E-state index in [0.717, 1.165) is 18.4 Å². The molecule has 2 N–H and O–H groups in total. The smallest absolute Gasteiger partial charge is 0.318 e. The summed E-state index contributed by atoms with van der Waals surface area (Å²) in [5.74, 6) is -1.21. The first-order valence-electron chi connectivity index (χ1n) is 5.26. The van der Waals surface area contributed by atoms with Crippen LogP contribution < -0.4 is 4.72 Å². The number of rotatable bonds is 6. The molecule has 1 rings (SSSR count). The van der Waals surface area contributed by atoms with Gasteiger partial charge < -0.3 is 5.11 Å². The fourth-order valence-electron chi connectivity index (χ4n) is 1.36. The fraction of sp³-hybridized carbons (Fsp3) is 0.364. The van der Waals surface area contributed by atoms with Crippen molar-refractivity contribution in [3.63, 3.8) is 0 Å². The Bertz CT molecular complexity index is 479. The summed E-state index contributed by atoms with van der Waals surface area (Å²) < 4.78 is 25.3. The summed E-state index contributed by atoms with van der Waals surface area (Å²) in [5.41, 5.74) is 1.06. The molecule has 0 saturated carbocycles. The van der Waals surface area contributed by atoms with Gasteiger partial charge in [-0.15, -0.1) is 0 Å². The molecule has 0 amide bonds. The molecule has 0 heterocycles. The quantitative estimate of drug-likeness (QED) is 0.796. The normalized spacial score (nSPS) is 11.4. The topological polar surface area (TPSA) is 83.5 Å². The molecule has 0 aliphatic rings. The van der Waals surface area contributed by atoms with Crippen molar-refractivity contribution in [1.82, 2.24) is 4.72 Å². The molecule has 0 atom stereocenters. The zero-order valence-corrected chi connectivity index (χ0v) is 10.3. The molecule has 94 valence electrons. The molecule has 0 spiro atoms. The Morgan fingerprint density at radius 2 is 1.88 bits per heavy atom. The van der Waals surface area contributed by atoms with Gasteiger partial charge in [-0.3, -0.25) is 4.79 Å². The number of carbonyl (C=O) groups is 1. The lowest BCUT2D eigenvalue weighted by Gasteiger charge is -2.05. The summed E-state index contributed by atoms with van der Waals surface area (Å²) in [4.78, 5) is 10.4. The van der Waals surface area contributed by atoms with Crippen LogP contribution in [-0.2, 0) is 21.2 Å². The van der Waals surface area contributed by atoms with Crippen molar-refractivity contribution in [2.45, 2.75) is 24.7 Å². The van der Waals surface area contributed by atoms with Crippen LogP contribution in [0.1, 0.15) is 18.9 Å². The number of benzene rings is 1. The highest BCUT2D eigenvalue weighted by atomic mass is 32.2. The third-order valence-electron chi connectivity index (χ3n) is 2.19. The molecule has 0 radical (unpaired) electrons. The molecule has 0 unspecified atom stereocenters. The maximum Gasteiger partial charge on any atom is 0.318 e. The lowest BCUT2D eigenvalue weighted by molar-refractivity contribution is -0.135. The van der Waals surface area contributed by atoms with Crippen molar-refractivity contribution in [2.24, 2.45) is 0 Å². The number of nitrogens with one attached hydrogen (secondary N) is 1. The Morgan fingerprint density at radius 3 is 2.35 bits per heavy atom. The minimum absolute atomic E-state index is 0.0820. The molecule has 0 bridgehead atoms. The highest BCUT2D eigenvalue weighted by Crippen LogP contribution is 2.11. The standard InChI is InChI=1S/C11H15NO4S/c1-2-3-9-4-6-10(7-5-9)17(15,16)12-8-11(13)14/h4-7,12H,2-3,8H2,1H3,(H,13,14). The van der Waals surface area contributed by atoms with Gasteiger partial charge in [-0.05, 0) is 24.1 Å². The summed E-state index contributed by atoms with van der Waals surface area (Å²) in [6, 6.07) is 6.43. The van der Waals surface area contributed by atoms with E-state index < -0.39 is 22.5 Å². The Hall–Kier alpha value is -1.40. The van der Waals surface area contributed by atoms with Crippen molar-refractivity contribution in [1.29, 1.82) is 0 Å². The van der Waals surface area contributed by atoms with Gasteiger partial charge in [-0.2, -0.15) is 4.72 Å². The number of carboxylic acid groups (broad SMARTS) is 1. The molecule has 0 saturated heterocycles. The number of aliphatic carboxylic acids is 1. The first kappa shape index (κ1) is 13.7. The third kappa shape index (κ3) is 4.16.